The van der Waals surface area contributed by atoms with Crippen LogP contribution >= 0.6 is 0 Å². The monoisotopic (exact) mass is 232 g/mol. The Morgan fingerprint density at radius 1 is 1.00 bits per heavy atom. The van der Waals surface area contributed by atoms with Crippen molar-refractivity contribution in [1.29, 1.82) is 0 Å². The van der Waals surface area contributed by atoms with Crippen LogP contribution in [0.5, 0.6) is 0 Å². The van der Waals surface area contributed by atoms with E-state index in [1.54, 1.807) is 0 Å². The van der Waals surface area contributed by atoms with Gasteiger partial charge in [-0.1, -0.05) is 0 Å². The third kappa shape index (κ3) is 7.19. The summed E-state index contributed by atoms with van der Waals surface area (Å²) in [6, 6.07) is 0. The zero-order valence-corrected chi connectivity index (χ0v) is 9.90. The molecule has 0 amide bonds. The molecule has 0 unspecified atom stereocenters. The highest BCUT2D eigenvalue weighted by Crippen LogP contribution is 1.96. The second-order valence-electron chi connectivity index (χ2n) is 3.28. The molecule has 0 bridgehead atoms. The highest BCUT2D eigenvalue weighted by Gasteiger charge is 2.10. The highest BCUT2D eigenvalue weighted by molar-refractivity contribution is 5.70. The fraction of sp³-hybridized carbons (Fsp3) is 0.800. The summed E-state index contributed by atoms with van der Waals surface area (Å²) in [5.41, 5.74) is 5.43. The van der Waals surface area contributed by atoms with Crippen molar-refractivity contribution in [3.63, 3.8) is 0 Å². The van der Waals surface area contributed by atoms with Crippen LogP contribution in [0.3, 0.4) is 0 Å². The summed E-state index contributed by atoms with van der Waals surface area (Å²) < 4.78 is 9.07. The van der Waals surface area contributed by atoms with Gasteiger partial charge in [0.25, 0.3) is 0 Å². The van der Waals surface area contributed by atoms with Crippen LogP contribution in [-0.4, -0.2) is 57.2 Å². The van der Waals surface area contributed by atoms with E-state index in [1.807, 2.05) is 4.90 Å². The summed E-state index contributed by atoms with van der Waals surface area (Å²) in [6.07, 6.45) is 0.606. The topological polar surface area (TPSA) is 81.9 Å². The first kappa shape index (κ1) is 14.9. The molecule has 0 rings (SSSR count). The molecule has 0 aromatic carbocycles. The minimum atomic E-state index is -0.264. The van der Waals surface area contributed by atoms with Crippen LogP contribution < -0.4 is 5.73 Å². The maximum Gasteiger partial charge on any atom is 0.306 e. The molecule has 94 valence electrons. The van der Waals surface area contributed by atoms with Gasteiger partial charge in [0, 0.05) is 26.2 Å². The van der Waals surface area contributed by atoms with Crippen molar-refractivity contribution in [3.8, 4) is 0 Å². The van der Waals surface area contributed by atoms with Crippen molar-refractivity contribution < 1.29 is 19.1 Å². The maximum atomic E-state index is 10.9. The molecule has 0 aromatic rings. The largest absolute Gasteiger partial charge is 0.469 e. The summed E-state index contributed by atoms with van der Waals surface area (Å²) in [5.74, 6) is -0.528. The molecule has 0 aliphatic rings. The first-order chi connectivity index (χ1) is 7.63. The van der Waals surface area contributed by atoms with E-state index >= 15 is 0 Å². The van der Waals surface area contributed by atoms with E-state index in [0.29, 0.717) is 39.0 Å². The standard InChI is InChI=1S/C10H20N2O4/c1-15-9(13)3-6-12(8-5-11)7-4-10(14)16-2/h3-8,11H2,1-2H3. The van der Waals surface area contributed by atoms with E-state index in [0.717, 1.165) is 0 Å². The zero-order valence-electron chi connectivity index (χ0n) is 9.90. The van der Waals surface area contributed by atoms with Crippen molar-refractivity contribution in [2.75, 3.05) is 40.4 Å². The number of esters is 2. The average molecular weight is 232 g/mol. The van der Waals surface area contributed by atoms with Crippen LogP contribution in [0, 0.1) is 0 Å². The molecule has 0 aromatic heterocycles. The first-order valence-corrected chi connectivity index (χ1v) is 5.20. The van der Waals surface area contributed by atoms with Crippen molar-refractivity contribution in [2.24, 2.45) is 5.73 Å². The van der Waals surface area contributed by atoms with Crippen LogP contribution in [0.25, 0.3) is 0 Å². The molecule has 0 spiro atoms. The first-order valence-electron chi connectivity index (χ1n) is 5.20. The third-order valence-corrected chi connectivity index (χ3v) is 2.16. The van der Waals surface area contributed by atoms with Crippen molar-refractivity contribution in [2.45, 2.75) is 12.8 Å². The fourth-order valence-electron chi connectivity index (χ4n) is 1.22. The van der Waals surface area contributed by atoms with Crippen LogP contribution in [0.4, 0.5) is 0 Å². The fourth-order valence-corrected chi connectivity index (χ4v) is 1.22. The van der Waals surface area contributed by atoms with Gasteiger partial charge in [0.2, 0.25) is 0 Å². The lowest BCUT2D eigenvalue weighted by Crippen LogP contribution is -2.33. The second-order valence-corrected chi connectivity index (χ2v) is 3.28. The van der Waals surface area contributed by atoms with Gasteiger partial charge in [-0.2, -0.15) is 0 Å². The van der Waals surface area contributed by atoms with Gasteiger partial charge in [-0.05, 0) is 0 Å². The number of carbonyl (C=O) groups excluding carboxylic acids is 2. The molecular formula is C10H20N2O4. The number of hydrogen-bond acceptors (Lipinski definition) is 6. The Morgan fingerprint density at radius 2 is 1.44 bits per heavy atom. The number of nitrogens with two attached hydrogens (primary N) is 1. The number of ether oxygens (including phenoxy) is 2. The maximum absolute atomic E-state index is 10.9. The number of carbonyl (C=O) groups is 2. The molecule has 0 radical (unpaired) electrons. The molecule has 0 aliphatic heterocycles. The van der Waals surface area contributed by atoms with E-state index in [1.165, 1.54) is 14.2 Å². The molecule has 0 fully saturated rings. The van der Waals surface area contributed by atoms with Gasteiger partial charge in [-0.3, -0.25) is 9.59 Å². The lowest BCUT2D eigenvalue weighted by Gasteiger charge is -2.20. The Morgan fingerprint density at radius 3 is 1.75 bits per heavy atom. The minimum Gasteiger partial charge on any atom is -0.469 e. The number of hydrogen-bond donors (Lipinski definition) is 1. The lowest BCUT2D eigenvalue weighted by atomic mass is 10.3. The Labute approximate surface area is 95.7 Å². The zero-order chi connectivity index (χ0) is 12.4. The van der Waals surface area contributed by atoms with Gasteiger partial charge in [0.05, 0.1) is 27.1 Å². The van der Waals surface area contributed by atoms with Gasteiger partial charge in [0.15, 0.2) is 0 Å². The minimum absolute atomic E-state index is 0.264. The predicted molar refractivity (Wildman–Crippen MR) is 58.8 cm³/mol. The second kappa shape index (κ2) is 9.11. The van der Waals surface area contributed by atoms with E-state index in [9.17, 15) is 9.59 Å². The van der Waals surface area contributed by atoms with E-state index in [2.05, 4.69) is 9.47 Å². The summed E-state index contributed by atoms with van der Waals surface area (Å²) in [6.45, 7) is 2.22. The summed E-state index contributed by atoms with van der Waals surface area (Å²) in [5, 5.41) is 0. The van der Waals surface area contributed by atoms with E-state index in [-0.39, 0.29) is 11.9 Å². The normalized spacial score (nSPS) is 10.2. The summed E-state index contributed by atoms with van der Waals surface area (Å²) >= 11 is 0. The molecule has 6 heteroatoms. The molecular weight excluding hydrogens is 212 g/mol. The van der Waals surface area contributed by atoms with Gasteiger partial charge in [-0.15, -0.1) is 0 Å². The molecule has 0 saturated carbocycles. The van der Waals surface area contributed by atoms with Crippen LogP contribution in [-0.2, 0) is 19.1 Å². The Hall–Kier alpha value is -1.14. The van der Waals surface area contributed by atoms with Gasteiger partial charge in [-0.25, -0.2) is 0 Å². The van der Waals surface area contributed by atoms with Crippen LogP contribution in [0.15, 0.2) is 0 Å². The Balaban J connectivity index is 3.87. The number of nitrogens with zero attached hydrogens (tertiary/aromatic N) is 1. The summed E-state index contributed by atoms with van der Waals surface area (Å²) in [7, 11) is 2.70. The molecule has 6 nitrogen and oxygen atoms in total. The van der Waals surface area contributed by atoms with E-state index < -0.39 is 0 Å². The average Bonchev–Trinajstić information content (AvgIpc) is 2.31. The molecule has 2 N–H and O–H groups in total. The number of rotatable bonds is 8. The predicted octanol–water partition coefficient (Wildman–Crippen LogP) is -0.627. The van der Waals surface area contributed by atoms with Crippen molar-refractivity contribution >= 4 is 11.9 Å². The summed E-state index contributed by atoms with van der Waals surface area (Å²) in [4.78, 5) is 23.8. The SMILES string of the molecule is COC(=O)CCN(CCN)CCC(=O)OC. The smallest absolute Gasteiger partial charge is 0.306 e. The number of methoxy groups -OCH3 is 2. The Bertz CT molecular complexity index is 201. The van der Waals surface area contributed by atoms with Crippen LogP contribution in [0.2, 0.25) is 0 Å². The molecule has 16 heavy (non-hydrogen) atoms. The third-order valence-electron chi connectivity index (χ3n) is 2.16. The van der Waals surface area contributed by atoms with E-state index in [4.69, 9.17) is 5.73 Å². The molecule has 0 atom stereocenters. The highest BCUT2D eigenvalue weighted by atomic mass is 16.5. The molecule has 0 aliphatic carbocycles. The molecule has 0 saturated heterocycles. The van der Waals surface area contributed by atoms with Gasteiger partial charge < -0.3 is 20.1 Å². The molecule has 0 heterocycles. The Kier molecular flexibility index (Phi) is 8.46. The van der Waals surface area contributed by atoms with Crippen molar-refractivity contribution in [3.05, 3.63) is 0 Å². The van der Waals surface area contributed by atoms with Gasteiger partial charge in [0.1, 0.15) is 0 Å². The van der Waals surface area contributed by atoms with Crippen molar-refractivity contribution in [1.82, 2.24) is 4.90 Å². The quantitative estimate of drug-likeness (QED) is 0.561. The lowest BCUT2D eigenvalue weighted by molar-refractivity contribution is -0.141. The van der Waals surface area contributed by atoms with Crippen LogP contribution in [0.1, 0.15) is 12.8 Å². The van der Waals surface area contributed by atoms with Gasteiger partial charge >= 0.3 is 11.9 Å².